The molecule has 1 atom stereocenters. The lowest BCUT2D eigenvalue weighted by molar-refractivity contribution is 0.0957. The van der Waals surface area contributed by atoms with Crippen molar-refractivity contribution in [1.82, 2.24) is 10.3 Å². The van der Waals surface area contributed by atoms with Gasteiger partial charge in [-0.3, -0.25) is 4.79 Å². The second-order valence-corrected chi connectivity index (χ2v) is 5.30. The molecule has 1 heterocycles. The van der Waals surface area contributed by atoms with Crippen LogP contribution in [0.2, 0.25) is 5.02 Å². The summed E-state index contributed by atoms with van der Waals surface area (Å²) in [6, 6.07) is 10.3. The number of carbonyl (C=O) groups excluding carboxylic acids is 1. The highest BCUT2D eigenvalue weighted by Gasteiger charge is 2.11. The molecule has 0 spiro atoms. The van der Waals surface area contributed by atoms with Gasteiger partial charge in [0.05, 0.1) is 18.2 Å². The molecule has 2 rings (SSSR count). The number of anilines is 1. The summed E-state index contributed by atoms with van der Waals surface area (Å²) in [5, 5.41) is 16.0. The summed E-state index contributed by atoms with van der Waals surface area (Å²) in [7, 11) is 0. The number of hydrogen-bond donors (Lipinski definition) is 3. The van der Waals surface area contributed by atoms with Crippen molar-refractivity contribution in [3.05, 3.63) is 71.4 Å². The Labute approximate surface area is 140 Å². The topological polar surface area (TPSA) is 74.2 Å². The van der Waals surface area contributed by atoms with Crippen molar-refractivity contribution in [2.45, 2.75) is 6.04 Å². The monoisotopic (exact) mass is 331 g/mol. The predicted molar refractivity (Wildman–Crippen MR) is 91.7 cm³/mol. The van der Waals surface area contributed by atoms with Crippen LogP contribution in [0.1, 0.15) is 22.0 Å². The summed E-state index contributed by atoms with van der Waals surface area (Å²) in [6.45, 7) is 3.86. The van der Waals surface area contributed by atoms with Crippen LogP contribution in [0, 0.1) is 0 Å². The van der Waals surface area contributed by atoms with Crippen LogP contribution >= 0.6 is 11.6 Å². The van der Waals surface area contributed by atoms with E-state index in [0.717, 1.165) is 5.56 Å². The number of benzene rings is 1. The van der Waals surface area contributed by atoms with Crippen molar-refractivity contribution in [2.24, 2.45) is 0 Å². The molecule has 1 aromatic carbocycles. The lowest BCUT2D eigenvalue weighted by Crippen LogP contribution is -2.23. The Morgan fingerprint density at radius 1 is 1.30 bits per heavy atom. The lowest BCUT2D eigenvalue weighted by Gasteiger charge is -2.17. The molecule has 0 saturated carbocycles. The summed E-state index contributed by atoms with van der Waals surface area (Å²) in [5.74, 6) is 0.361. The van der Waals surface area contributed by atoms with Gasteiger partial charge in [0.25, 0.3) is 5.91 Å². The van der Waals surface area contributed by atoms with E-state index in [1.165, 1.54) is 6.20 Å². The van der Waals surface area contributed by atoms with E-state index in [1.54, 1.807) is 30.3 Å². The number of amides is 1. The van der Waals surface area contributed by atoms with Gasteiger partial charge < -0.3 is 15.7 Å². The first-order valence-corrected chi connectivity index (χ1v) is 7.50. The number of rotatable bonds is 7. The normalized spacial score (nSPS) is 11.6. The third-order valence-corrected chi connectivity index (χ3v) is 3.46. The molecule has 1 unspecified atom stereocenters. The lowest BCUT2D eigenvalue weighted by atomic mass is 10.1. The fourth-order valence-electron chi connectivity index (χ4n) is 1.99. The van der Waals surface area contributed by atoms with E-state index in [4.69, 9.17) is 11.6 Å². The first-order valence-electron chi connectivity index (χ1n) is 7.12. The van der Waals surface area contributed by atoms with Gasteiger partial charge in [-0.05, 0) is 29.8 Å². The van der Waals surface area contributed by atoms with Crippen LogP contribution in [-0.2, 0) is 0 Å². The number of aliphatic hydroxyl groups is 1. The number of halogens is 1. The minimum absolute atomic E-state index is 0.0924. The molecule has 0 fully saturated rings. The highest BCUT2D eigenvalue weighted by atomic mass is 35.5. The maximum atomic E-state index is 11.8. The van der Waals surface area contributed by atoms with Crippen molar-refractivity contribution in [3.8, 4) is 0 Å². The Bertz CT molecular complexity index is 657. The van der Waals surface area contributed by atoms with Gasteiger partial charge in [-0.15, -0.1) is 6.58 Å². The highest BCUT2D eigenvalue weighted by molar-refractivity contribution is 6.30. The zero-order chi connectivity index (χ0) is 16.7. The summed E-state index contributed by atoms with van der Waals surface area (Å²) in [6.07, 6.45) is 3.09. The van der Waals surface area contributed by atoms with Crippen molar-refractivity contribution >= 4 is 23.3 Å². The van der Waals surface area contributed by atoms with Gasteiger partial charge in [0.15, 0.2) is 0 Å². The van der Waals surface area contributed by atoms with Gasteiger partial charge in [0.2, 0.25) is 0 Å². The molecule has 0 aliphatic heterocycles. The van der Waals surface area contributed by atoms with Gasteiger partial charge in [-0.1, -0.05) is 29.8 Å². The smallest absolute Gasteiger partial charge is 0.253 e. The molecular weight excluding hydrogens is 314 g/mol. The quantitative estimate of drug-likeness (QED) is 0.682. The van der Waals surface area contributed by atoms with Crippen LogP contribution in [0.3, 0.4) is 0 Å². The van der Waals surface area contributed by atoms with Crippen molar-refractivity contribution in [2.75, 3.05) is 18.5 Å². The van der Waals surface area contributed by atoms with E-state index in [0.29, 0.717) is 22.9 Å². The Balaban J connectivity index is 2.05. The number of pyridine rings is 1. The number of hydrogen-bond acceptors (Lipinski definition) is 4. The molecule has 1 aromatic heterocycles. The maximum absolute atomic E-state index is 11.8. The summed E-state index contributed by atoms with van der Waals surface area (Å²) < 4.78 is 0. The minimum atomic E-state index is -0.305. The van der Waals surface area contributed by atoms with Gasteiger partial charge >= 0.3 is 0 Å². The SMILES string of the molecule is C=CCNC(=O)c1ccc(NC(CO)c2ccc(Cl)cc2)nc1. The van der Waals surface area contributed by atoms with Crippen LogP contribution in [-0.4, -0.2) is 29.1 Å². The van der Waals surface area contributed by atoms with Gasteiger partial charge in [-0.2, -0.15) is 0 Å². The molecule has 5 nitrogen and oxygen atoms in total. The molecule has 0 bridgehead atoms. The van der Waals surface area contributed by atoms with Gasteiger partial charge in [-0.25, -0.2) is 4.98 Å². The molecule has 0 aliphatic rings. The van der Waals surface area contributed by atoms with Gasteiger partial charge in [0, 0.05) is 17.8 Å². The van der Waals surface area contributed by atoms with Crippen molar-refractivity contribution in [1.29, 1.82) is 0 Å². The zero-order valence-electron chi connectivity index (χ0n) is 12.5. The second-order valence-electron chi connectivity index (χ2n) is 4.86. The fourth-order valence-corrected chi connectivity index (χ4v) is 2.11. The van der Waals surface area contributed by atoms with E-state index in [9.17, 15) is 9.90 Å². The number of nitrogens with one attached hydrogen (secondary N) is 2. The van der Waals surface area contributed by atoms with Crippen LogP contribution < -0.4 is 10.6 Å². The number of carbonyl (C=O) groups is 1. The molecule has 0 saturated heterocycles. The van der Waals surface area contributed by atoms with Crippen LogP contribution in [0.5, 0.6) is 0 Å². The number of nitrogens with zero attached hydrogens (tertiary/aromatic N) is 1. The number of aliphatic hydroxyl groups excluding tert-OH is 1. The Morgan fingerprint density at radius 3 is 2.61 bits per heavy atom. The van der Waals surface area contributed by atoms with Crippen molar-refractivity contribution < 1.29 is 9.90 Å². The molecule has 0 aliphatic carbocycles. The highest BCUT2D eigenvalue weighted by Crippen LogP contribution is 2.20. The molecular formula is C17H18ClN3O2. The molecule has 0 radical (unpaired) electrons. The first kappa shape index (κ1) is 17.0. The van der Waals surface area contributed by atoms with Crippen molar-refractivity contribution in [3.63, 3.8) is 0 Å². The second kappa shape index (κ2) is 8.31. The Kier molecular flexibility index (Phi) is 6.14. The van der Waals surface area contributed by atoms with E-state index >= 15 is 0 Å². The molecule has 2 aromatic rings. The Hall–Kier alpha value is -2.37. The predicted octanol–water partition coefficient (Wildman–Crippen LogP) is 2.80. The molecule has 1 amide bonds. The molecule has 120 valence electrons. The first-order chi connectivity index (χ1) is 11.1. The summed E-state index contributed by atoms with van der Waals surface area (Å²) >= 11 is 5.86. The molecule has 23 heavy (non-hydrogen) atoms. The van der Waals surface area contributed by atoms with Crippen LogP contribution in [0.4, 0.5) is 5.82 Å². The van der Waals surface area contributed by atoms with Crippen LogP contribution in [0.15, 0.2) is 55.3 Å². The maximum Gasteiger partial charge on any atom is 0.253 e. The summed E-state index contributed by atoms with van der Waals surface area (Å²) in [4.78, 5) is 16.0. The fraction of sp³-hybridized carbons (Fsp3) is 0.176. The van der Waals surface area contributed by atoms with E-state index in [1.807, 2.05) is 12.1 Å². The third-order valence-electron chi connectivity index (χ3n) is 3.21. The van der Waals surface area contributed by atoms with Gasteiger partial charge in [0.1, 0.15) is 5.82 Å². The molecule has 3 N–H and O–H groups in total. The van der Waals surface area contributed by atoms with E-state index < -0.39 is 0 Å². The summed E-state index contributed by atoms with van der Waals surface area (Å²) in [5.41, 5.74) is 1.36. The molecule has 6 heteroatoms. The average molecular weight is 332 g/mol. The van der Waals surface area contributed by atoms with Crippen LogP contribution in [0.25, 0.3) is 0 Å². The zero-order valence-corrected chi connectivity index (χ0v) is 13.3. The average Bonchev–Trinajstić information content (AvgIpc) is 2.59. The Morgan fingerprint density at radius 2 is 2.04 bits per heavy atom. The van der Waals surface area contributed by atoms with E-state index in [-0.39, 0.29) is 18.6 Å². The third kappa shape index (κ3) is 4.81. The largest absolute Gasteiger partial charge is 0.394 e. The minimum Gasteiger partial charge on any atom is -0.394 e. The standard InChI is InChI=1S/C17H18ClN3O2/c1-2-9-19-17(23)13-5-8-16(20-10-13)21-15(11-22)12-3-6-14(18)7-4-12/h2-8,10,15,22H,1,9,11H2,(H,19,23)(H,20,21). The van der Waals surface area contributed by atoms with E-state index in [2.05, 4.69) is 22.2 Å². The number of aromatic nitrogens is 1.